The molecule has 2 amide bonds. The van der Waals surface area contributed by atoms with Crippen molar-refractivity contribution in [2.75, 3.05) is 4.90 Å². The molecule has 1 aliphatic rings. The van der Waals surface area contributed by atoms with Crippen molar-refractivity contribution in [2.24, 2.45) is 0 Å². The molecule has 0 bridgehead atoms. The van der Waals surface area contributed by atoms with E-state index < -0.39 is 11.8 Å². The summed E-state index contributed by atoms with van der Waals surface area (Å²) in [6, 6.07) is 27.6. The van der Waals surface area contributed by atoms with Gasteiger partial charge in [0.15, 0.2) is 5.11 Å². The minimum absolute atomic E-state index is 0.0188. The van der Waals surface area contributed by atoms with Crippen LogP contribution in [0.4, 0.5) is 5.69 Å². The number of hydrogen-bond acceptors (Lipinski definition) is 5. The first-order chi connectivity index (χ1) is 16.1. The number of pyridine rings is 1. The summed E-state index contributed by atoms with van der Waals surface area (Å²) in [5, 5.41) is 3.58. The Balaban J connectivity index is 1.43. The topological polar surface area (TPSA) is 71.5 Å². The number of amides is 2. The van der Waals surface area contributed by atoms with Crippen LogP contribution < -0.4 is 15.0 Å². The number of para-hydroxylation sites is 2. The summed E-state index contributed by atoms with van der Waals surface area (Å²) in [6.45, 7) is 0. The average Bonchev–Trinajstić information content (AvgIpc) is 2.83. The van der Waals surface area contributed by atoms with Crippen molar-refractivity contribution in [3.05, 3.63) is 102 Å². The van der Waals surface area contributed by atoms with Crippen LogP contribution in [0.3, 0.4) is 0 Å². The van der Waals surface area contributed by atoms with E-state index in [0.29, 0.717) is 22.9 Å². The molecule has 4 aromatic rings. The summed E-state index contributed by atoms with van der Waals surface area (Å²) in [7, 11) is 0. The van der Waals surface area contributed by atoms with Gasteiger partial charge in [-0.25, -0.2) is 4.98 Å². The molecule has 3 aromatic carbocycles. The van der Waals surface area contributed by atoms with Gasteiger partial charge in [0.25, 0.3) is 11.8 Å². The summed E-state index contributed by atoms with van der Waals surface area (Å²) in [4.78, 5) is 31.6. The second-order valence-electron chi connectivity index (χ2n) is 7.30. The Kier molecular flexibility index (Phi) is 5.38. The van der Waals surface area contributed by atoms with Crippen molar-refractivity contribution in [3.8, 4) is 11.5 Å². The molecule has 0 saturated carbocycles. The molecule has 1 N–H and O–H groups in total. The fourth-order valence-electron chi connectivity index (χ4n) is 3.49. The van der Waals surface area contributed by atoms with E-state index in [1.165, 1.54) is 11.0 Å². The predicted molar refractivity (Wildman–Crippen MR) is 131 cm³/mol. The van der Waals surface area contributed by atoms with E-state index in [4.69, 9.17) is 17.0 Å². The van der Waals surface area contributed by atoms with Gasteiger partial charge >= 0.3 is 0 Å². The molecule has 1 aliphatic heterocycles. The third kappa shape index (κ3) is 4.22. The Morgan fingerprint density at radius 1 is 0.818 bits per heavy atom. The number of fused-ring (bicyclic) bond motifs is 1. The number of benzene rings is 3. The standard InChI is InChI=1S/C26H17N3O3S/c30-24-22(16-18-11-10-17-6-4-5-9-23(17)27-18)25(31)29(26(33)28-24)19-12-14-21(15-13-19)32-20-7-2-1-3-8-20/h1-16H,(H,28,30,33)/b22-16+. The lowest BCUT2D eigenvalue weighted by Crippen LogP contribution is -2.54. The Hall–Kier alpha value is -4.36. The van der Waals surface area contributed by atoms with Crippen LogP contribution in [-0.2, 0) is 9.59 Å². The number of thiocarbonyl (C=S) groups is 1. The van der Waals surface area contributed by atoms with Gasteiger partial charge in [-0.2, -0.15) is 0 Å². The number of ether oxygens (including phenoxy) is 1. The first-order valence-corrected chi connectivity index (χ1v) is 10.6. The van der Waals surface area contributed by atoms with E-state index in [1.807, 2.05) is 60.7 Å². The van der Waals surface area contributed by atoms with Crippen LogP contribution in [0.2, 0.25) is 0 Å². The summed E-state index contributed by atoms with van der Waals surface area (Å²) in [5.41, 5.74) is 1.75. The fraction of sp³-hybridized carbons (Fsp3) is 0. The lowest BCUT2D eigenvalue weighted by atomic mass is 10.1. The molecule has 7 heteroatoms. The summed E-state index contributed by atoms with van der Waals surface area (Å²) in [5.74, 6) is 0.242. The second-order valence-corrected chi connectivity index (χ2v) is 7.68. The van der Waals surface area contributed by atoms with Crippen molar-refractivity contribution < 1.29 is 14.3 Å². The minimum Gasteiger partial charge on any atom is -0.457 e. The van der Waals surface area contributed by atoms with Crippen LogP contribution in [0.5, 0.6) is 11.5 Å². The molecular weight excluding hydrogens is 434 g/mol. The maximum Gasteiger partial charge on any atom is 0.270 e. The molecule has 0 radical (unpaired) electrons. The van der Waals surface area contributed by atoms with E-state index in [0.717, 1.165) is 10.9 Å². The third-order valence-corrected chi connectivity index (χ3v) is 5.37. The number of carbonyl (C=O) groups is 2. The number of nitrogens with one attached hydrogen (secondary N) is 1. The maximum absolute atomic E-state index is 13.2. The Bertz CT molecular complexity index is 1420. The van der Waals surface area contributed by atoms with Crippen LogP contribution in [0.25, 0.3) is 17.0 Å². The van der Waals surface area contributed by atoms with E-state index in [9.17, 15) is 9.59 Å². The summed E-state index contributed by atoms with van der Waals surface area (Å²) >= 11 is 5.28. The largest absolute Gasteiger partial charge is 0.457 e. The SMILES string of the molecule is O=C1NC(=S)N(c2ccc(Oc3ccccc3)cc2)C(=O)/C1=C/c1ccc2ccccc2n1. The van der Waals surface area contributed by atoms with E-state index in [-0.39, 0.29) is 10.7 Å². The molecule has 1 saturated heterocycles. The molecule has 160 valence electrons. The highest BCUT2D eigenvalue weighted by atomic mass is 32.1. The number of anilines is 1. The number of aromatic nitrogens is 1. The Morgan fingerprint density at radius 2 is 1.52 bits per heavy atom. The van der Waals surface area contributed by atoms with Crippen LogP contribution in [0, 0.1) is 0 Å². The quantitative estimate of drug-likeness (QED) is 0.273. The average molecular weight is 452 g/mol. The highest BCUT2D eigenvalue weighted by Gasteiger charge is 2.34. The van der Waals surface area contributed by atoms with Crippen LogP contribution in [0.15, 0.2) is 96.6 Å². The highest BCUT2D eigenvalue weighted by Crippen LogP contribution is 2.27. The number of hydrogen-bond donors (Lipinski definition) is 1. The molecule has 0 aliphatic carbocycles. The van der Waals surface area contributed by atoms with Gasteiger partial charge in [-0.3, -0.25) is 19.8 Å². The van der Waals surface area contributed by atoms with E-state index >= 15 is 0 Å². The van der Waals surface area contributed by atoms with Gasteiger partial charge in [0.2, 0.25) is 0 Å². The van der Waals surface area contributed by atoms with E-state index in [2.05, 4.69) is 10.3 Å². The first-order valence-electron chi connectivity index (χ1n) is 10.2. The first kappa shape index (κ1) is 20.5. The Labute approximate surface area is 195 Å². The van der Waals surface area contributed by atoms with Gasteiger partial charge in [0.05, 0.1) is 16.9 Å². The Morgan fingerprint density at radius 3 is 2.30 bits per heavy atom. The maximum atomic E-state index is 13.2. The summed E-state index contributed by atoms with van der Waals surface area (Å²) in [6.07, 6.45) is 1.48. The number of carbonyl (C=O) groups excluding carboxylic acids is 2. The smallest absolute Gasteiger partial charge is 0.270 e. The zero-order valence-corrected chi connectivity index (χ0v) is 18.1. The van der Waals surface area contributed by atoms with Gasteiger partial charge in [-0.1, -0.05) is 42.5 Å². The van der Waals surface area contributed by atoms with Gasteiger partial charge in [-0.05, 0) is 66.8 Å². The zero-order valence-electron chi connectivity index (χ0n) is 17.3. The normalized spacial score (nSPS) is 15.1. The van der Waals surface area contributed by atoms with Crippen molar-refractivity contribution in [1.82, 2.24) is 10.3 Å². The van der Waals surface area contributed by atoms with Gasteiger partial charge in [0, 0.05) is 5.39 Å². The third-order valence-electron chi connectivity index (χ3n) is 5.09. The van der Waals surface area contributed by atoms with Crippen molar-refractivity contribution >= 4 is 51.8 Å². The number of rotatable bonds is 4. The minimum atomic E-state index is -0.555. The van der Waals surface area contributed by atoms with E-state index in [1.54, 1.807) is 30.3 Å². The molecular formula is C26H17N3O3S. The van der Waals surface area contributed by atoms with Crippen molar-refractivity contribution in [1.29, 1.82) is 0 Å². The predicted octanol–water partition coefficient (Wildman–Crippen LogP) is 4.86. The molecule has 0 unspecified atom stereocenters. The van der Waals surface area contributed by atoms with Crippen LogP contribution in [0.1, 0.15) is 5.69 Å². The molecule has 1 aromatic heterocycles. The molecule has 2 heterocycles. The fourth-order valence-corrected chi connectivity index (χ4v) is 3.77. The van der Waals surface area contributed by atoms with Gasteiger partial charge < -0.3 is 4.74 Å². The molecule has 5 rings (SSSR count). The molecule has 0 spiro atoms. The highest BCUT2D eigenvalue weighted by molar-refractivity contribution is 7.80. The van der Waals surface area contributed by atoms with Crippen molar-refractivity contribution in [3.63, 3.8) is 0 Å². The lowest BCUT2D eigenvalue weighted by Gasteiger charge is -2.29. The lowest BCUT2D eigenvalue weighted by molar-refractivity contribution is -0.122. The van der Waals surface area contributed by atoms with Gasteiger partial charge in [0.1, 0.15) is 17.1 Å². The zero-order chi connectivity index (χ0) is 22.8. The molecule has 0 atom stereocenters. The molecule has 6 nitrogen and oxygen atoms in total. The molecule has 1 fully saturated rings. The molecule has 33 heavy (non-hydrogen) atoms. The number of nitrogens with zero attached hydrogens (tertiary/aromatic N) is 2. The summed E-state index contributed by atoms with van der Waals surface area (Å²) < 4.78 is 5.80. The van der Waals surface area contributed by atoms with Crippen molar-refractivity contribution in [2.45, 2.75) is 0 Å². The van der Waals surface area contributed by atoms with Gasteiger partial charge in [-0.15, -0.1) is 0 Å². The van der Waals surface area contributed by atoms with Crippen LogP contribution >= 0.6 is 12.2 Å². The monoisotopic (exact) mass is 451 g/mol. The second kappa shape index (κ2) is 8.64. The van der Waals surface area contributed by atoms with Crippen LogP contribution in [-0.4, -0.2) is 21.9 Å².